The number of alkyl halides is 1. The zero-order chi connectivity index (χ0) is 7.82. The highest BCUT2D eigenvalue weighted by Crippen LogP contribution is 1.99. The fourth-order valence-electron chi connectivity index (χ4n) is 0.438. The molecule has 0 aromatic rings. The summed E-state index contributed by atoms with van der Waals surface area (Å²) in [6.07, 6.45) is 0.520. The van der Waals surface area contributed by atoms with Crippen molar-refractivity contribution >= 4 is 23.2 Å². The molecule has 0 aromatic carbocycles. The number of hydrogen-bond acceptors (Lipinski definition) is 1. The first-order chi connectivity index (χ1) is 4.81. The maximum absolute atomic E-state index is 11.5. The van der Waals surface area contributed by atoms with Gasteiger partial charge in [0.15, 0.2) is 0 Å². The summed E-state index contributed by atoms with van der Waals surface area (Å²) in [5, 5.41) is 3.45. The van der Waals surface area contributed by atoms with Gasteiger partial charge in [-0.2, -0.15) is 0 Å². The van der Waals surface area contributed by atoms with Gasteiger partial charge < -0.3 is 5.32 Å². The van der Waals surface area contributed by atoms with Gasteiger partial charge in [0.1, 0.15) is 0 Å². The fourth-order valence-corrected chi connectivity index (χ4v) is 0.610. The maximum Gasteiger partial charge on any atom is 0.0906 e. The molecule has 10 heavy (non-hydrogen) atoms. The average molecular weight is 186 g/mol. The van der Waals surface area contributed by atoms with Crippen molar-refractivity contribution in [3.63, 3.8) is 0 Å². The average Bonchev–Trinajstić information content (AvgIpc) is 1.98. The lowest BCUT2D eigenvalue weighted by Gasteiger charge is -1.99. The third-order valence-electron chi connectivity index (χ3n) is 0.899. The Morgan fingerprint density at radius 1 is 1.60 bits per heavy atom. The molecular formula is C6H10Cl2FN. The molecule has 0 aliphatic rings. The number of halogens is 3. The molecule has 0 unspecified atom stereocenters. The first-order valence-electron chi connectivity index (χ1n) is 3.02. The van der Waals surface area contributed by atoms with Crippen LogP contribution in [0.2, 0.25) is 0 Å². The number of hydrogen-bond donors (Lipinski definition) is 1. The van der Waals surface area contributed by atoms with Gasteiger partial charge >= 0.3 is 0 Å². The largest absolute Gasteiger partial charge is 0.312 e. The molecule has 0 bridgehead atoms. The van der Waals surface area contributed by atoms with E-state index in [0.29, 0.717) is 24.5 Å². The molecule has 0 fully saturated rings. The fraction of sp³-hybridized carbons (Fsp3) is 0.667. The van der Waals surface area contributed by atoms with Gasteiger partial charge in [0.2, 0.25) is 0 Å². The quantitative estimate of drug-likeness (QED) is 0.649. The van der Waals surface area contributed by atoms with Gasteiger partial charge in [-0.05, 0) is 13.0 Å². The molecule has 1 nitrogen and oxygen atoms in total. The predicted molar refractivity (Wildman–Crippen MR) is 43.3 cm³/mol. The Kier molecular flexibility index (Phi) is 7.47. The zero-order valence-corrected chi connectivity index (χ0v) is 7.05. The van der Waals surface area contributed by atoms with Gasteiger partial charge in [-0.15, -0.1) is 0 Å². The Bertz CT molecular complexity index is 106. The third kappa shape index (κ3) is 6.33. The zero-order valence-electron chi connectivity index (χ0n) is 5.54. The van der Waals surface area contributed by atoms with Gasteiger partial charge in [0.25, 0.3) is 0 Å². The summed E-state index contributed by atoms with van der Waals surface area (Å²) in [5.41, 5.74) is 1.30. The molecule has 1 N–H and O–H groups in total. The van der Waals surface area contributed by atoms with Crippen molar-refractivity contribution in [2.45, 2.75) is 6.42 Å². The van der Waals surface area contributed by atoms with E-state index in [1.54, 1.807) is 0 Å². The molecule has 0 spiro atoms. The molecule has 4 heteroatoms. The summed E-state index contributed by atoms with van der Waals surface area (Å²) in [5.74, 6) is 0. The summed E-state index contributed by atoms with van der Waals surface area (Å²) in [6.45, 7) is 0.859. The van der Waals surface area contributed by atoms with E-state index in [4.69, 9.17) is 23.2 Å². The van der Waals surface area contributed by atoms with E-state index in [0.717, 1.165) is 0 Å². The summed E-state index contributed by atoms with van der Waals surface area (Å²) >= 11 is 10.8. The van der Waals surface area contributed by atoms with Crippen LogP contribution in [0.3, 0.4) is 0 Å². The molecule has 0 aliphatic carbocycles. The molecule has 0 heterocycles. The smallest absolute Gasteiger partial charge is 0.0906 e. The van der Waals surface area contributed by atoms with Crippen LogP contribution >= 0.6 is 23.2 Å². The van der Waals surface area contributed by atoms with Crippen molar-refractivity contribution in [2.75, 3.05) is 19.8 Å². The van der Waals surface area contributed by atoms with Gasteiger partial charge in [0.05, 0.1) is 6.67 Å². The molecule has 0 aliphatic heterocycles. The second-order valence-corrected chi connectivity index (χ2v) is 2.48. The van der Waals surface area contributed by atoms with Crippen molar-refractivity contribution in [1.82, 2.24) is 5.32 Å². The van der Waals surface area contributed by atoms with E-state index in [1.807, 2.05) is 0 Å². The minimum Gasteiger partial charge on any atom is -0.312 e. The van der Waals surface area contributed by atoms with E-state index in [2.05, 4.69) is 5.32 Å². The summed E-state index contributed by atoms with van der Waals surface area (Å²) < 4.78 is 11.5. The van der Waals surface area contributed by atoms with E-state index in [9.17, 15) is 4.39 Å². The topological polar surface area (TPSA) is 12.0 Å². The molecular weight excluding hydrogens is 176 g/mol. The minimum atomic E-state index is -0.296. The Hall–Kier alpha value is 0.210. The van der Waals surface area contributed by atoms with Crippen LogP contribution in [0.1, 0.15) is 6.42 Å². The number of rotatable bonds is 5. The van der Waals surface area contributed by atoms with Crippen LogP contribution in [0.5, 0.6) is 0 Å². The van der Waals surface area contributed by atoms with Crippen LogP contribution in [0.15, 0.2) is 10.6 Å². The first-order valence-corrected chi connectivity index (χ1v) is 3.84. The van der Waals surface area contributed by atoms with Crippen LogP contribution in [0.4, 0.5) is 4.39 Å². The number of nitrogens with one attached hydrogen (secondary N) is 1. The van der Waals surface area contributed by atoms with Crippen LogP contribution in [-0.2, 0) is 0 Å². The Labute approximate surface area is 70.2 Å². The molecule has 0 radical (unpaired) electrons. The Balaban J connectivity index is 3.04. The van der Waals surface area contributed by atoms with E-state index < -0.39 is 0 Å². The van der Waals surface area contributed by atoms with Crippen molar-refractivity contribution in [1.29, 1.82) is 0 Å². The van der Waals surface area contributed by atoms with Gasteiger partial charge in [-0.25, -0.2) is 0 Å². The first kappa shape index (κ1) is 10.2. The molecule has 0 saturated carbocycles. The molecule has 60 valence electrons. The second-order valence-electron chi connectivity index (χ2n) is 1.78. The van der Waals surface area contributed by atoms with E-state index in [-0.39, 0.29) is 6.67 Å². The van der Waals surface area contributed by atoms with Crippen LogP contribution in [0.25, 0.3) is 0 Å². The molecule has 0 atom stereocenters. The van der Waals surface area contributed by atoms with Gasteiger partial charge in [0, 0.05) is 17.1 Å². The van der Waals surface area contributed by atoms with E-state index >= 15 is 0 Å². The lowest BCUT2D eigenvalue weighted by atomic mass is 10.4. The van der Waals surface area contributed by atoms with Gasteiger partial charge in [-0.1, -0.05) is 23.2 Å². The normalized spacial score (nSPS) is 12.1. The lowest BCUT2D eigenvalue weighted by molar-refractivity contribution is 0.463. The van der Waals surface area contributed by atoms with Crippen molar-refractivity contribution in [3.8, 4) is 0 Å². The van der Waals surface area contributed by atoms with Crippen LogP contribution in [0, 0.1) is 0 Å². The van der Waals surface area contributed by atoms with Crippen LogP contribution < -0.4 is 5.32 Å². The predicted octanol–water partition coefficient (Wildman–Crippen LogP) is 2.25. The van der Waals surface area contributed by atoms with Gasteiger partial charge in [-0.3, -0.25) is 4.39 Å². The Morgan fingerprint density at radius 3 is 2.80 bits per heavy atom. The third-order valence-corrected chi connectivity index (χ3v) is 1.52. The molecule has 0 rings (SSSR count). The van der Waals surface area contributed by atoms with Crippen LogP contribution in [-0.4, -0.2) is 19.8 Å². The SMILES string of the molecule is FCCCNC/C(Cl)=C/Cl. The summed E-state index contributed by atoms with van der Waals surface area (Å²) in [7, 11) is 0. The molecule has 0 amide bonds. The highest BCUT2D eigenvalue weighted by Gasteiger charge is 1.89. The highest BCUT2D eigenvalue weighted by atomic mass is 35.5. The lowest BCUT2D eigenvalue weighted by Crippen LogP contribution is -2.17. The van der Waals surface area contributed by atoms with Crippen molar-refractivity contribution in [3.05, 3.63) is 10.6 Å². The van der Waals surface area contributed by atoms with E-state index in [1.165, 1.54) is 5.54 Å². The molecule has 0 aromatic heterocycles. The maximum atomic E-state index is 11.5. The standard InChI is InChI=1S/C6H10Cl2FN/c7-4-6(8)5-10-3-1-2-9/h4,10H,1-3,5H2/b6-4-. The molecule has 0 saturated heterocycles. The summed E-state index contributed by atoms with van der Waals surface area (Å²) in [6, 6.07) is 0. The Morgan fingerprint density at radius 2 is 2.30 bits per heavy atom. The van der Waals surface area contributed by atoms with Crippen molar-refractivity contribution < 1.29 is 4.39 Å². The highest BCUT2D eigenvalue weighted by molar-refractivity contribution is 6.36. The summed E-state index contributed by atoms with van der Waals surface area (Å²) in [4.78, 5) is 0. The van der Waals surface area contributed by atoms with Crippen molar-refractivity contribution in [2.24, 2.45) is 0 Å². The second kappa shape index (κ2) is 7.32. The minimum absolute atomic E-state index is 0.296. The monoisotopic (exact) mass is 185 g/mol.